The van der Waals surface area contributed by atoms with Gasteiger partial charge in [-0.25, -0.2) is 8.42 Å². The minimum Gasteiger partial charge on any atom is -0.496 e. The summed E-state index contributed by atoms with van der Waals surface area (Å²) in [4.78, 5) is 0.222. The predicted octanol–water partition coefficient (Wildman–Crippen LogP) is 4.55. The van der Waals surface area contributed by atoms with Gasteiger partial charge in [-0.3, -0.25) is 4.72 Å². The lowest BCUT2D eigenvalue weighted by Gasteiger charge is -2.24. The maximum atomic E-state index is 12.6. The van der Waals surface area contributed by atoms with Crippen molar-refractivity contribution in [2.24, 2.45) is 0 Å². The highest BCUT2D eigenvalue weighted by molar-refractivity contribution is 7.92. The largest absolute Gasteiger partial charge is 0.496 e. The Morgan fingerprint density at radius 1 is 0.962 bits per heavy atom. The summed E-state index contributed by atoms with van der Waals surface area (Å²) in [5.41, 5.74) is 2.36. The van der Waals surface area contributed by atoms with Crippen LogP contribution < -0.4 is 14.8 Å². The third kappa shape index (κ3) is 4.49. The molecule has 0 aliphatic heterocycles. The minimum atomic E-state index is -3.63. The summed E-state index contributed by atoms with van der Waals surface area (Å²) in [5, 5.41) is 3.53. The summed E-state index contributed by atoms with van der Waals surface area (Å²) >= 11 is 0. The maximum absolute atomic E-state index is 12.6. The lowest BCUT2D eigenvalue weighted by Crippen LogP contribution is -2.22. The molecule has 1 fully saturated rings. The van der Waals surface area contributed by atoms with E-state index in [1.54, 1.807) is 37.4 Å². The molecule has 5 nitrogen and oxygen atoms in total. The molecule has 1 aliphatic rings. The van der Waals surface area contributed by atoms with Crippen LogP contribution in [0.2, 0.25) is 0 Å². The van der Waals surface area contributed by atoms with Gasteiger partial charge in [0.2, 0.25) is 0 Å². The van der Waals surface area contributed by atoms with Crippen LogP contribution in [0.4, 0.5) is 11.4 Å². The van der Waals surface area contributed by atoms with Gasteiger partial charge in [0.15, 0.2) is 0 Å². The normalized spacial score (nSPS) is 15.5. The fourth-order valence-corrected chi connectivity index (χ4v) is 4.49. The van der Waals surface area contributed by atoms with Crippen molar-refractivity contribution in [3.05, 3.63) is 48.0 Å². The molecule has 2 N–H and O–H groups in total. The summed E-state index contributed by atoms with van der Waals surface area (Å²) in [6, 6.07) is 12.8. The van der Waals surface area contributed by atoms with E-state index in [1.807, 2.05) is 19.1 Å². The van der Waals surface area contributed by atoms with Crippen molar-refractivity contribution < 1.29 is 13.2 Å². The number of nitrogens with one attached hydrogen (secondary N) is 2. The molecule has 0 atom stereocenters. The van der Waals surface area contributed by atoms with Crippen molar-refractivity contribution in [3.63, 3.8) is 0 Å². The van der Waals surface area contributed by atoms with Gasteiger partial charge in [-0.15, -0.1) is 0 Å². The van der Waals surface area contributed by atoms with Crippen LogP contribution >= 0.6 is 0 Å². The van der Waals surface area contributed by atoms with E-state index < -0.39 is 10.0 Å². The molecule has 0 bridgehead atoms. The number of benzene rings is 2. The van der Waals surface area contributed by atoms with Crippen molar-refractivity contribution in [3.8, 4) is 5.75 Å². The van der Waals surface area contributed by atoms with Gasteiger partial charge in [0.05, 0.1) is 12.0 Å². The van der Waals surface area contributed by atoms with Crippen molar-refractivity contribution >= 4 is 21.4 Å². The molecule has 1 aliphatic carbocycles. The molecule has 1 saturated carbocycles. The van der Waals surface area contributed by atoms with E-state index in [2.05, 4.69) is 10.0 Å². The molecule has 0 spiro atoms. The molecule has 0 saturated heterocycles. The highest BCUT2D eigenvalue weighted by Gasteiger charge is 2.16. The second-order valence-electron chi connectivity index (χ2n) is 6.79. The Bertz CT molecular complexity index is 842. The summed E-state index contributed by atoms with van der Waals surface area (Å²) in [5.74, 6) is 0.669. The van der Waals surface area contributed by atoms with Crippen molar-refractivity contribution in [2.75, 3.05) is 17.1 Å². The molecule has 0 radical (unpaired) electrons. The molecule has 3 rings (SSSR count). The van der Waals surface area contributed by atoms with Crippen LogP contribution in [0.15, 0.2) is 47.4 Å². The summed E-state index contributed by atoms with van der Waals surface area (Å²) < 4.78 is 33.0. The van der Waals surface area contributed by atoms with Crippen molar-refractivity contribution in [1.29, 1.82) is 0 Å². The lowest BCUT2D eigenvalue weighted by atomic mass is 9.95. The number of hydrogen-bond acceptors (Lipinski definition) is 4. The van der Waals surface area contributed by atoms with Gasteiger partial charge in [-0.2, -0.15) is 0 Å². The summed E-state index contributed by atoms with van der Waals surface area (Å²) in [6.07, 6.45) is 6.27. The number of methoxy groups -OCH3 is 1. The Morgan fingerprint density at radius 3 is 2.23 bits per heavy atom. The molecule has 2 aromatic rings. The van der Waals surface area contributed by atoms with Gasteiger partial charge in [0.1, 0.15) is 5.75 Å². The maximum Gasteiger partial charge on any atom is 0.261 e. The fourth-order valence-electron chi connectivity index (χ4n) is 3.35. The van der Waals surface area contributed by atoms with Crippen LogP contribution in [0, 0.1) is 6.92 Å². The first-order valence-corrected chi connectivity index (χ1v) is 10.5. The van der Waals surface area contributed by atoms with Crippen LogP contribution in [0.1, 0.15) is 37.7 Å². The first kappa shape index (κ1) is 18.6. The van der Waals surface area contributed by atoms with Gasteiger partial charge in [-0.1, -0.05) is 19.3 Å². The van der Waals surface area contributed by atoms with Crippen molar-refractivity contribution in [2.45, 2.75) is 50.0 Å². The van der Waals surface area contributed by atoms with Crippen LogP contribution in [-0.4, -0.2) is 21.6 Å². The number of aryl methyl sites for hydroxylation is 1. The van der Waals surface area contributed by atoms with Crippen LogP contribution in [0.5, 0.6) is 5.75 Å². The van der Waals surface area contributed by atoms with Gasteiger partial charge < -0.3 is 10.1 Å². The molecular weight excluding hydrogens is 348 g/mol. The SMILES string of the molecule is COc1ccc(S(=O)(=O)Nc2ccc(NC3CCCCC3)cc2)cc1C. The third-order valence-electron chi connectivity index (χ3n) is 4.79. The molecule has 26 heavy (non-hydrogen) atoms. The topological polar surface area (TPSA) is 67.4 Å². The number of ether oxygens (including phenoxy) is 1. The standard InChI is InChI=1S/C20H26N2O3S/c1-15-14-19(12-13-20(15)25-2)26(23,24)22-18-10-8-17(9-11-18)21-16-6-4-3-5-7-16/h8-14,16,21-22H,3-7H2,1-2H3. The van der Waals surface area contributed by atoms with Gasteiger partial charge in [0.25, 0.3) is 10.0 Å². The fraction of sp³-hybridized carbons (Fsp3) is 0.400. The third-order valence-corrected chi connectivity index (χ3v) is 6.17. The Balaban J connectivity index is 1.68. The van der Waals surface area contributed by atoms with E-state index in [0.29, 0.717) is 17.5 Å². The van der Waals surface area contributed by atoms with Crippen LogP contribution in [0.25, 0.3) is 0 Å². The first-order chi connectivity index (χ1) is 12.5. The number of hydrogen-bond donors (Lipinski definition) is 2. The average molecular weight is 375 g/mol. The zero-order chi connectivity index (χ0) is 18.6. The summed E-state index contributed by atoms with van der Waals surface area (Å²) in [6.45, 7) is 1.82. The zero-order valence-corrected chi connectivity index (χ0v) is 16.1. The van der Waals surface area contributed by atoms with Crippen LogP contribution in [0.3, 0.4) is 0 Å². The van der Waals surface area contributed by atoms with Crippen molar-refractivity contribution in [1.82, 2.24) is 0 Å². The van der Waals surface area contributed by atoms with Gasteiger partial charge >= 0.3 is 0 Å². The quantitative estimate of drug-likeness (QED) is 0.778. The van der Waals surface area contributed by atoms with E-state index in [9.17, 15) is 8.42 Å². The second-order valence-corrected chi connectivity index (χ2v) is 8.48. The number of sulfonamides is 1. The smallest absolute Gasteiger partial charge is 0.261 e. The van der Waals surface area contributed by atoms with Gasteiger partial charge in [-0.05, 0) is 67.8 Å². The molecular formula is C20H26N2O3S. The first-order valence-electron chi connectivity index (χ1n) is 9.02. The summed E-state index contributed by atoms with van der Waals surface area (Å²) in [7, 11) is -2.06. The molecule has 140 valence electrons. The lowest BCUT2D eigenvalue weighted by molar-refractivity contribution is 0.411. The average Bonchev–Trinajstić information content (AvgIpc) is 2.64. The van der Waals surface area contributed by atoms with E-state index in [0.717, 1.165) is 11.3 Å². The van der Waals surface area contributed by atoms with E-state index in [-0.39, 0.29) is 4.90 Å². The molecule has 0 heterocycles. The zero-order valence-electron chi connectivity index (χ0n) is 15.3. The molecule has 6 heteroatoms. The van der Waals surface area contributed by atoms with E-state index >= 15 is 0 Å². The highest BCUT2D eigenvalue weighted by atomic mass is 32.2. The predicted molar refractivity (Wildman–Crippen MR) is 105 cm³/mol. The van der Waals surface area contributed by atoms with E-state index in [1.165, 1.54) is 32.1 Å². The molecule has 0 unspecified atom stereocenters. The van der Waals surface area contributed by atoms with E-state index in [4.69, 9.17) is 4.74 Å². The molecule has 2 aromatic carbocycles. The molecule has 0 amide bonds. The second kappa shape index (κ2) is 7.99. The minimum absolute atomic E-state index is 0.222. The Kier molecular flexibility index (Phi) is 5.71. The number of anilines is 2. The monoisotopic (exact) mass is 374 g/mol. The molecule has 0 aromatic heterocycles. The highest BCUT2D eigenvalue weighted by Crippen LogP contribution is 2.25. The van der Waals surface area contributed by atoms with Crippen LogP contribution in [-0.2, 0) is 10.0 Å². The Hall–Kier alpha value is -2.21. The Labute approximate surface area is 155 Å². The van der Waals surface area contributed by atoms with Gasteiger partial charge in [0, 0.05) is 17.4 Å². The Morgan fingerprint density at radius 2 is 1.62 bits per heavy atom. The number of rotatable bonds is 6.